The summed E-state index contributed by atoms with van der Waals surface area (Å²) in [7, 11) is -2.24. The first-order chi connectivity index (χ1) is 7.88. The van der Waals surface area contributed by atoms with E-state index in [1.54, 1.807) is 6.92 Å². The van der Waals surface area contributed by atoms with Crippen molar-refractivity contribution in [3.63, 3.8) is 0 Å². The van der Waals surface area contributed by atoms with Crippen molar-refractivity contribution < 1.29 is 18.3 Å². The van der Waals surface area contributed by atoms with Gasteiger partial charge in [-0.15, -0.1) is 5.92 Å². The number of nitrogens with zero attached hydrogens (tertiary/aromatic N) is 1. The Morgan fingerprint density at radius 1 is 1.59 bits per heavy atom. The van der Waals surface area contributed by atoms with E-state index in [1.807, 2.05) is 0 Å². The van der Waals surface area contributed by atoms with Gasteiger partial charge in [0.05, 0.1) is 6.54 Å². The minimum atomic E-state index is -3.70. The van der Waals surface area contributed by atoms with E-state index in [-0.39, 0.29) is 17.1 Å². The molecule has 0 aromatic carbocycles. The van der Waals surface area contributed by atoms with Crippen molar-refractivity contribution in [1.82, 2.24) is 9.29 Å². The van der Waals surface area contributed by atoms with Gasteiger partial charge in [-0.25, -0.2) is 13.2 Å². The second-order valence-corrected chi connectivity index (χ2v) is 5.00. The van der Waals surface area contributed by atoms with Crippen LogP contribution in [0, 0.1) is 11.8 Å². The second-order valence-electron chi connectivity index (χ2n) is 3.23. The van der Waals surface area contributed by atoms with Crippen LogP contribution >= 0.6 is 0 Å². The first-order valence-corrected chi connectivity index (χ1v) is 6.15. The minimum absolute atomic E-state index is 0.00384. The Labute approximate surface area is 99.3 Å². The number of carboxylic acids is 1. The van der Waals surface area contributed by atoms with E-state index in [2.05, 4.69) is 16.6 Å². The smallest absolute Gasteiger partial charge is 0.352 e. The van der Waals surface area contributed by atoms with E-state index in [0.29, 0.717) is 0 Å². The third kappa shape index (κ3) is 3.09. The van der Waals surface area contributed by atoms with E-state index in [9.17, 15) is 13.2 Å². The molecule has 6 nitrogen and oxygen atoms in total. The zero-order valence-corrected chi connectivity index (χ0v) is 10.2. The maximum Gasteiger partial charge on any atom is 0.352 e. The van der Waals surface area contributed by atoms with Crippen molar-refractivity contribution in [2.45, 2.75) is 11.8 Å². The quantitative estimate of drug-likeness (QED) is 0.744. The van der Waals surface area contributed by atoms with Crippen LogP contribution in [0.25, 0.3) is 0 Å². The number of aryl methyl sites for hydroxylation is 1. The highest BCUT2D eigenvalue weighted by Gasteiger charge is 2.19. The average Bonchev–Trinajstić information content (AvgIpc) is 2.61. The molecular weight excluding hydrogens is 244 g/mol. The fourth-order valence-corrected chi connectivity index (χ4v) is 2.19. The van der Waals surface area contributed by atoms with Crippen LogP contribution in [-0.2, 0) is 17.1 Å². The molecule has 0 aliphatic heterocycles. The monoisotopic (exact) mass is 256 g/mol. The molecule has 2 N–H and O–H groups in total. The molecular formula is C10H12N2O4S. The van der Waals surface area contributed by atoms with Crippen LogP contribution in [0.2, 0.25) is 0 Å². The van der Waals surface area contributed by atoms with Gasteiger partial charge in [0.2, 0.25) is 10.0 Å². The third-order valence-electron chi connectivity index (χ3n) is 2.04. The summed E-state index contributed by atoms with van der Waals surface area (Å²) >= 11 is 0. The molecule has 1 aromatic heterocycles. The third-order valence-corrected chi connectivity index (χ3v) is 3.40. The Hall–Kier alpha value is -1.78. The van der Waals surface area contributed by atoms with Crippen LogP contribution < -0.4 is 4.72 Å². The molecule has 92 valence electrons. The maximum absolute atomic E-state index is 11.7. The largest absolute Gasteiger partial charge is 0.477 e. The Balaban J connectivity index is 3.02. The number of aromatic carboxylic acids is 1. The van der Waals surface area contributed by atoms with Gasteiger partial charge in [0.15, 0.2) is 0 Å². The molecule has 0 radical (unpaired) electrons. The molecule has 0 aliphatic rings. The fraction of sp³-hybridized carbons (Fsp3) is 0.300. The Morgan fingerprint density at radius 3 is 2.71 bits per heavy atom. The van der Waals surface area contributed by atoms with Gasteiger partial charge >= 0.3 is 5.97 Å². The van der Waals surface area contributed by atoms with E-state index < -0.39 is 16.0 Å². The van der Waals surface area contributed by atoms with Crippen LogP contribution in [0.3, 0.4) is 0 Å². The highest BCUT2D eigenvalue weighted by molar-refractivity contribution is 7.89. The van der Waals surface area contributed by atoms with Gasteiger partial charge in [-0.1, -0.05) is 5.92 Å². The van der Waals surface area contributed by atoms with E-state index >= 15 is 0 Å². The number of hydrogen-bond donors (Lipinski definition) is 2. The average molecular weight is 256 g/mol. The lowest BCUT2D eigenvalue weighted by atomic mass is 10.4. The molecule has 7 heteroatoms. The van der Waals surface area contributed by atoms with Crippen LogP contribution in [0.5, 0.6) is 0 Å². The first kappa shape index (κ1) is 13.3. The summed E-state index contributed by atoms with van der Waals surface area (Å²) in [6, 6.07) is 1.10. The molecule has 1 heterocycles. The molecule has 0 saturated carbocycles. The highest BCUT2D eigenvalue weighted by Crippen LogP contribution is 2.12. The highest BCUT2D eigenvalue weighted by atomic mass is 32.2. The molecule has 0 saturated heterocycles. The topological polar surface area (TPSA) is 88.4 Å². The number of aromatic nitrogens is 1. The number of carboxylic acid groups (broad SMARTS) is 1. The standard InChI is InChI=1S/C10H12N2O4S/c1-3-4-5-11-17(15,16)8-6-9(10(13)14)12(2)7-8/h6-7,11H,5H2,1-2H3,(H,13,14). The Kier molecular flexibility index (Phi) is 3.93. The number of nitrogens with one attached hydrogen (secondary N) is 1. The summed E-state index contributed by atoms with van der Waals surface area (Å²) in [5.74, 6) is 3.93. The van der Waals surface area contributed by atoms with Gasteiger partial charge in [-0.05, 0) is 13.0 Å². The zero-order chi connectivity index (χ0) is 13.1. The number of rotatable bonds is 4. The van der Waals surface area contributed by atoms with Crippen molar-refractivity contribution in [2.24, 2.45) is 7.05 Å². The molecule has 0 unspecified atom stereocenters. The normalized spacial score (nSPS) is 10.7. The Morgan fingerprint density at radius 2 is 2.24 bits per heavy atom. The van der Waals surface area contributed by atoms with Gasteiger partial charge < -0.3 is 9.67 Å². The Bertz CT molecular complexity index is 590. The van der Waals surface area contributed by atoms with Gasteiger partial charge in [-0.3, -0.25) is 0 Å². The lowest BCUT2D eigenvalue weighted by Crippen LogP contribution is -2.23. The molecule has 0 fully saturated rings. The van der Waals surface area contributed by atoms with Crippen LogP contribution in [0.4, 0.5) is 0 Å². The molecule has 0 amide bonds. The van der Waals surface area contributed by atoms with E-state index in [1.165, 1.54) is 17.8 Å². The molecule has 0 aliphatic carbocycles. The summed E-state index contributed by atoms with van der Waals surface area (Å²) in [6.45, 7) is 1.59. The molecule has 0 atom stereocenters. The van der Waals surface area contributed by atoms with Gasteiger partial charge in [0, 0.05) is 13.2 Å². The summed E-state index contributed by atoms with van der Waals surface area (Å²) in [4.78, 5) is 10.7. The summed E-state index contributed by atoms with van der Waals surface area (Å²) in [5, 5.41) is 8.80. The lowest BCUT2D eigenvalue weighted by molar-refractivity contribution is 0.0686. The zero-order valence-electron chi connectivity index (χ0n) is 9.39. The second kappa shape index (κ2) is 5.03. The fourth-order valence-electron chi connectivity index (χ4n) is 1.20. The van der Waals surface area contributed by atoms with Crippen molar-refractivity contribution in [2.75, 3.05) is 6.54 Å². The van der Waals surface area contributed by atoms with Gasteiger partial charge in [0.25, 0.3) is 0 Å². The van der Waals surface area contributed by atoms with Crippen molar-refractivity contribution in [3.05, 3.63) is 18.0 Å². The summed E-state index contributed by atoms with van der Waals surface area (Å²) in [5.41, 5.74) is -0.0908. The van der Waals surface area contributed by atoms with E-state index in [0.717, 1.165) is 6.07 Å². The van der Waals surface area contributed by atoms with Crippen molar-refractivity contribution >= 4 is 16.0 Å². The maximum atomic E-state index is 11.7. The lowest BCUT2D eigenvalue weighted by Gasteiger charge is -1.99. The van der Waals surface area contributed by atoms with E-state index in [4.69, 9.17) is 5.11 Å². The van der Waals surface area contributed by atoms with Crippen molar-refractivity contribution in [3.8, 4) is 11.8 Å². The van der Waals surface area contributed by atoms with Gasteiger partial charge in [0.1, 0.15) is 10.6 Å². The molecule has 1 rings (SSSR count). The minimum Gasteiger partial charge on any atom is -0.477 e. The molecule has 1 aromatic rings. The number of hydrogen-bond acceptors (Lipinski definition) is 3. The van der Waals surface area contributed by atoms with Crippen LogP contribution in [-0.4, -0.2) is 30.6 Å². The predicted octanol–water partition coefficient (Wildman–Crippen LogP) is 0.0249. The van der Waals surface area contributed by atoms with Crippen LogP contribution in [0.15, 0.2) is 17.2 Å². The van der Waals surface area contributed by atoms with Gasteiger partial charge in [-0.2, -0.15) is 4.72 Å². The van der Waals surface area contributed by atoms with Crippen molar-refractivity contribution in [1.29, 1.82) is 0 Å². The predicted molar refractivity (Wildman–Crippen MR) is 61.0 cm³/mol. The number of sulfonamides is 1. The first-order valence-electron chi connectivity index (χ1n) is 4.67. The summed E-state index contributed by atoms with van der Waals surface area (Å²) in [6.07, 6.45) is 1.24. The molecule has 0 spiro atoms. The molecule has 17 heavy (non-hydrogen) atoms. The van der Waals surface area contributed by atoms with Crippen LogP contribution in [0.1, 0.15) is 17.4 Å². The number of carbonyl (C=O) groups is 1. The summed E-state index contributed by atoms with van der Waals surface area (Å²) < 4.78 is 26.9. The molecule has 0 bridgehead atoms. The SMILES string of the molecule is CC#CCNS(=O)(=O)c1cc(C(=O)O)n(C)c1.